The van der Waals surface area contributed by atoms with E-state index >= 15 is 0 Å². The summed E-state index contributed by atoms with van der Waals surface area (Å²) in [4.78, 5) is 30.5. The van der Waals surface area contributed by atoms with Crippen LogP contribution in [-0.2, 0) is 4.79 Å². The topological polar surface area (TPSA) is 65.8 Å². The Hall–Kier alpha value is -3.61. The van der Waals surface area contributed by atoms with E-state index in [1.165, 1.54) is 35.4 Å². The minimum Gasteiger partial charge on any atom is -0.459 e. The molecule has 1 fully saturated rings. The Morgan fingerprint density at radius 1 is 1.00 bits per heavy atom. The van der Waals surface area contributed by atoms with Gasteiger partial charge in [0, 0.05) is 31.5 Å². The van der Waals surface area contributed by atoms with Crippen molar-refractivity contribution in [2.24, 2.45) is 0 Å². The molecule has 1 aliphatic rings. The van der Waals surface area contributed by atoms with Crippen LogP contribution in [0.5, 0.6) is 0 Å². The van der Waals surface area contributed by atoms with E-state index in [1.807, 2.05) is 43.3 Å². The van der Waals surface area contributed by atoms with Gasteiger partial charge in [0.25, 0.3) is 5.91 Å². The molecular weight excluding hydrogens is 421 g/mol. The summed E-state index contributed by atoms with van der Waals surface area (Å²) in [6, 6.07) is 15.4. The molecule has 1 saturated carbocycles. The third kappa shape index (κ3) is 5.08. The monoisotopic (exact) mass is 449 g/mol. The summed E-state index contributed by atoms with van der Waals surface area (Å²) in [5.41, 5.74) is 1.86. The highest BCUT2D eigenvalue weighted by Gasteiger charge is 2.36. The molecule has 1 heterocycles. The molecule has 0 bridgehead atoms. The van der Waals surface area contributed by atoms with Crippen molar-refractivity contribution in [3.63, 3.8) is 0 Å². The Morgan fingerprint density at radius 3 is 2.33 bits per heavy atom. The molecule has 1 aliphatic carbocycles. The van der Waals surface area contributed by atoms with Crippen molar-refractivity contribution in [3.05, 3.63) is 84.1 Å². The number of halogens is 1. The third-order valence-electron chi connectivity index (χ3n) is 5.97. The molecule has 0 aliphatic heterocycles. The maximum Gasteiger partial charge on any atom is 0.294 e. The van der Waals surface area contributed by atoms with Gasteiger partial charge in [-0.25, -0.2) is 4.39 Å². The van der Waals surface area contributed by atoms with Gasteiger partial charge in [-0.15, -0.1) is 0 Å². The zero-order valence-electron chi connectivity index (χ0n) is 18.8. The van der Waals surface area contributed by atoms with Gasteiger partial charge < -0.3 is 14.6 Å². The first-order chi connectivity index (χ1) is 15.9. The maximum atomic E-state index is 14.2. The van der Waals surface area contributed by atoms with Crippen LogP contribution >= 0.6 is 0 Å². The van der Waals surface area contributed by atoms with Crippen LogP contribution in [0.3, 0.4) is 0 Å². The predicted octanol–water partition coefficient (Wildman–Crippen LogP) is 4.93. The molecule has 2 amide bonds. The summed E-state index contributed by atoms with van der Waals surface area (Å²) in [6.45, 7) is 0. The maximum absolute atomic E-state index is 14.2. The second kappa shape index (κ2) is 9.90. The first-order valence-electron chi connectivity index (χ1n) is 11.1. The van der Waals surface area contributed by atoms with Crippen molar-refractivity contribution in [1.29, 1.82) is 0 Å². The van der Waals surface area contributed by atoms with Crippen LogP contribution in [0.15, 0.2) is 71.3 Å². The quantitative estimate of drug-likeness (QED) is 0.555. The van der Waals surface area contributed by atoms with Gasteiger partial charge >= 0.3 is 0 Å². The van der Waals surface area contributed by atoms with Gasteiger partial charge in [0.1, 0.15) is 11.9 Å². The Morgan fingerprint density at radius 2 is 1.73 bits per heavy atom. The van der Waals surface area contributed by atoms with E-state index in [4.69, 9.17) is 4.42 Å². The van der Waals surface area contributed by atoms with Gasteiger partial charge in [-0.1, -0.05) is 31.0 Å². The van der Waals surface area contributed by atoms with Crippen molar-refractivity contribution in [2.45, 2.75) is 37.8 Å². The summed E-state index contributed by atoms with van der Waals surface area (Å²) in [5.74, 6) is -1.25. The molecule has 4 rings (SSSR count). The molecule has 0 saturated heterocycles. The SMILES string of the molecule is CN(C)c1ccc(C(C(=O)NC2CCCC2)N(C(=O)c2ccco2)c2cccc(F)c2)cc1. The van der Waals surface area contributed by atoms with Crippen LogP contribution in [0, 0.1) is 5.82 Å². The number of amides is 2. The Kier molecular flexibility index (Phi) is 6.77. The van der Waals surface area contributed by atoms with Crippen molar-refractivity contribution in [2.75, 3.05) is 23.9 Å². The van der Waals surface area contributed by atoms with Crippen molar-refractivity contribution in [3.8, 4) is 0 Å². The molecule has 33 heavy (non-hydrogen) atoms. The van der Waals surface area contributed by atoms with Crippen LogP contribution in [0.25, 0.3) is 0 Å². The number of benzene rings is 2. The molecule has 1 unspecified atom stereocenters. The van der Waals surface area contributed by atoms with Crippen molar-refractivity contribution in [1.82, 2.24) is 5.32 Å². The lowest BCUT2D eigenvalue weighted by Gasteiger charge is -2.32. The van der Waals surface area contributed by atoms with Crippen LogP contribution in [0.4, 0.5) is 15.8 Å². The van der Waals surface area contributed by atoms with Gasteiger partial charge in [0.05, 0.1) is 6.26 Å². The van der Waals surface area contributed by atoms with E-state index in [1.54, 1.807) is 12.1 Å². The smallest absolute Gasteiger partial charge is 0.294 e. The first kappa shape index (κ1) is 22.6. The third-order valence-corrected chi connectivity index (χ3v) is 5.97. The zero-order chi connectivity index (χ0) is 23.4. The Bertz CT molecular complexity index is 1090. The fourth-order valence-electron chi connectivity index (χ4n) is 4.25. The van der Waals surface area contributed by atoms with Gasteiger partial charge in [-0.2, -0.15) is 0 Å². The molecule has 0 spiro atoms. The highest BCUT2D eigenvalue weighted by Crippen LogP contribution is 2.32. The van der Waals surface area contributed by atoms with E-state index in [9.17, 15) is 14.0 Å². The zero-order valence-corrected chi connectivity index (χ0v) is 18.8. The number of anilines is 2. The molecule has 2 aromatic carbocycles. The van der Waals surface area contributed by atoms with E-state index in [-0.39, 0.29) is 23.4 Å². The molecule has 1 atom stereocenters. The number of carbonyl (C=O) groups excluding carboxylic acids is 2. The Balaban J connectivity index is 1.80. The van der Waals surface area contributed by atoms with E-state index in [0.29, 0.717) is 5.56 Å². The van der Waals surface area contributed by atoms with E-state index < -0.39 is 17.8 Å². The normalized spacial score (nSPS) is 14.6. The lowest BCUT2D eigenvalue weighted by atomic mass is 10.0. The fourth-order valence-corrected chi connectivity index (χ4v) is 4.25. The number of nitrogens with one attached hydrogen (secondary N) is 1. The van der Waals surface area contributed by atoms with Crippen molar-refractivity contribution < 1.29 is 18.4 Å². The number of furan rings is 1. The summed E-state index contributed by atoms with van der Waals surface area (Å²) < 4.78 is 19.6. The van der Waals surface area contributed by atoms with Crippen LogP contribution in [0.1, 0.15) is 47.8 Å². The molecular formula is C26H28FN3O3. The molecule has 0 radical (unpaired) electrons. The second-order valence-corrected chi connectivity index (χ2v) is 8.51. The predicted molar refractivity (Wildman–Crippen MR) is 126 cm³/mol. The summed E-state index contributed by atoms with van der Waals surface area (Å²) >= 11 is 0. The second-order valence-electron chi connectivity index (χ2n) is 8.51. The van der Waals surface area contributed by atoms with Gasteiger partial charge in [-0.3, -0.25) is 14.5 Å². The van der Waals surface area contributed by atoms with Crippen LogP contribution in [-0.4, -0.2) is 32.0 Å². The molecule has 6 nitrogen and oxygen atoms in total. The number of nitrogens with zero attached hydrogens (tertiary/aromatic N) is 2. The standard InChI is InChI=1S/C26H28FN3O3/c1-29(2)21-14-12-18(13-15-21)24(25(31)28-20-8-3-4-9-20)30(22-10-5-7-19(27)17-22)26(32)23-11-6-16-33-23/h5-7,10-17,20,24H,3-4,8-9H2,1-2H3,(H,28,31). The fraction of sp³-hybridized carbons (Fsp3) is 0.308. The highest BCUT2D eigenvalue weighted by molar-refractivity contribution is 6.08. The Labute approximate surface area is 193 Å². The van der Waals surface area contributed by atoms with Gasteiger partial charge in [0.15, 0.2) is 5.76 Å². The molecule has 3 aromatic rings. The molecule has 1 N–H and O–H groups in total. The number of carbonyl (C=O) groups is 2. The van der Waals surface area contributed by atoms with Crippen molar-refractivity contribution >= 4 is 23.2 Å². The number of rotatable bonds is 7. The van der Waals surface area contributed by atoms with Gasteiger partial charge in [-0.05, 0) is 60.9 Å². The average molecular weight is 450 g/mol. The van der Waals surface area contributed by atoms with Gasteiger partial charge in [0.2, 0.25) is 5.91 Å². The van der Waals surface area contributed by atoms with Crippen LogP contribution < -0.4 is 15.1 Å². The molecule has 7 heteroatoms. The summed E-state index contributed by atoms with van der Waals surface area (Å²) in [6.07, 6.45) is 5.34. The lowest BCUT2D eigenvalue weighted by Crippen LogP contribution is -2.46. The minimum absolute atomic E-state index is 0.0640. The van der Waals surface area contributed by atoms with E-state index in [2.05, 4.69) is 5.32 Å². The molecule has 1 aromatic heterocycles. The first-order valence-corrected chi connectivity index (χ1v) is 11.1. The minimum atomic E-state index is -0.999. The summed E-state index contributed by atoms with van der Waals surface area (Å²) in [5, 5.41) is 3.11. The number of hydrogen-bond acceptors (Lipinski definition) is 4. The average Bonchev–Trinajstić information content (AvgIpc) is 3.51. The highest BCUT2D eigenvalue weighted by atomic mass is 19.1. The molecule has 172 valence electrons. The summed E-state index contributed by atoms with van der Waals surface area (Å²) in [7, 11) is 3.86. The largest absolute Gasteiger partial charge is 0.459 e. The van der Waals surface area contributed by atoms with E-state index in [0.717, 1.165) is 31.4 Å². The van der Waals surface area contributed by atoms with Crippen LogP contribution in [0.2, 0.25) is 0 Å². The lowest BCUT2D eigenvalue weighted by molar-refractivity contribution is -0.123. The number of hydrogen-bond donors (Lipinski definition) is 1.